The Balaban J connectivity index is 2.54. The molecule has 0 aliphatic rings. The third kappa shape index (κ3) is 5.20. The average Bonchev–Trinajstić information content (AvgIpc) is 2.37. The van der Waals surface area contributed by atoms with Gasteiger partial charge in [0.25, 0.3) is 0 Å². The first kappa shape index (κ1) is 17.1. The minimum atomic E-state index is -3.21. The Morgan fingerprint density at radius 2 is 1.65 bits per heavy atom. The molecule has 0 saturated heterocycles. The van der Waals surface area contributed by atoms with Crippen molar-refractivity contribution >= 4 is 9.84 Å². The van der Waals surface area contributed by atoms with Crippen LogP contribution in [0, 0.1) is 5.92 Å². The molecule has 0 saturated carbocycles. The summed E-state index contributed by atoms with van der Waals surface area (Å²) in [7, 11) is -3.21. The molecule has 114 valence electrons. The smallest absolute Gasteiger partial charge is 0.175 e. The van der Waals surface area contributed by atoms with Crippen LogP contribution >= 0.6 is 0 Å². The lowest BCUT2D eigenvalue weighted by Gasteiger charge is -2.17. The Hall–Kier alpha value is -0.950. The SMILES string of the molecule is CC(C)C(O)CNCC(O)c1ccc(S(C)(=O)=O)cc1. The van der Waals surface area contributed by atoms with E-state index in [0.29, 0.717) is 18.7 Å². The molecule has 0 aromatic heterocycles. The number of aliphatic hydroxyl groups excluding tert-OH is 2. The van der Waals surface area contributed by atoms with Crippen molar-refractivity contribution in [1.82, 2.24) is 5.32 Å². The molecule has 0 aliphatic carbocycles. The molecule has 1 aromatic carbocycles. The lowest BCUT2D eigenvalue weighted by Crippen LogP contribution is -2.33. The van der Waals surface area contributed by atoms with E-state index in [1.165, 1.54) is 12.1 Å². The maximum Gasteiger partial charge on any atom is 0.175 e. The van der Waals surface area contributed by atoms with Gasteiger partial charge in [0, 0.05) is 19.3 Å². The van der Waals surface area contributed by atoms with E-state index >= 15 is 0 Å². The van der Waals surface area contributed by atoms with Crippen molar-refractivity contribution < 1.29 is 18.6 Å². The van der Waals surface area contributed by atoms with Crippen LogP contribution in [-0.2, 0) is 9.84 Å². The maximum atomic E-state index is 11.3. The van der Waals surface area contributed by atoms with Crippen LogP contribution in [0.15, 0.2) is 29.2 Å². The van der Waals surface area contributed by atoms with Gasteiger partial charge >= 0.3 is 0 Å². The van der Waals surface area contributed by atoms with Gasteiger partial charge in [0.1, 0.15) is 0 Å². The van der Waals surface area contributed by atoms with Crippen molar-refractivity contribution in [3.8, 4) is 0 Å². The summed E-state index contributed by atoms with van der Waals surface area (Å²) in [5.74, 6) is 0.161. The number of hydrogen-bond donors (Lipinski definition) is 3. The molecule has 1 rings (SSSR count). The average molecular weight is 301 g/mol. The van der Waals surface area contributed by atoms with Gasteiger partial charge < -0.3 is 15.5 Å². The third-order valence-electron chi connectivity index (χ3n) is 3.15. The van der Waals surface area contributed by atoms with Gasteiger partial charge in [-0.25, -0.2) is 8.42 Å². The van der Waals surface area contributed by atoms with Crippen LogP contribution in [0.2, 0.25) is 0 Å². The van der Waals surface area contributed by atoms with E-state index < -0.39 is 22.0 Å². The number of hydrogen-bond acceptors (Lipinski definition) is 5. The molecule has 6 heteroatoms. The normalized spacial score (nSPS) is 15.3. The molecule has 1 aromatic rings. The van der Waals surface area contributed by atoms with Crippen LogP contribution in [0.1, 0.15) is 25.5 Å². The molecule has 20 heavy (non-hydrogen) atoms. The standard InChI is InChI=1S/C14H23NO4S/c1-10(2)13(16)8-15-9-14(17)11-4-6-12(7-5-11)20(3,18)19/h4-7,10,13-17H,8-9H2,1-3H3. The predicted molar refractivity (Wildman–Crippen MR) is 78.2 cm³/mol. The lowest BCUT2D eigenvalue weighted by atomic mass is 10.1. The molecule has 0 bridgehead atoms. The van der Waals surface area contributed by atoms with Crippen molar-refractivity contribution in [3.63, 3.8) is 0 Å². The van der Waals surface area contributed by atoms with Gasteiger partial charge in [-0.1, -0.05) is 26.0 Å². The van der Waals surface area contributed by atoms with Crippen molar-refractivity contribution in [1.29, 1.82) is 0 Å². The first-order chi connectivity index (χ1) is 9.21. The quantitative estimate of drug-likeness (QED) is 0.691. The van der Waals surface area contributed by atoms with E-state index in [1.807, 2.05) is 13.8 Å². The number of aliphatic hydroxyl groups is 2. The van der Waals surface area contributed by atoms with Crippen LogP contribution in [0.25, 0.3) is 0 Å². The fourth-order valence-corrected chi connectivity index (χ4v) is 2.29. The monoisotopic (exact) mass is 301 g/mol. The second kappa shape index (κ2) is 7.17. The second-order valence-electron chi connectivity index (χ2n) is 5.33. The summed E-state index contributed by atoms with van der Waals surface area (Å²) in [6.45, 7) is 4.57. The fourth-order valence-electron chi connectivity index (χ4n) is 1.66. The molecule has 5 nitrogen and oxygen atoms in total. The van der Waals surface area contributed by atoms with Gasteiger partial charge in [-0.15, -0.1) is 0 Å². The zero-order chi connectivity index (χ0) is 15.3. The summed E-state index contributed by atoms with van der Waals surface area (Å²) in [6.07, 6.45) is -0.0365. The Kier molecular flexibility index (Phi) is 6.13. The summed E-state index contributed by atoms with van der Waals surface area (Å²) in [5, 5.41) is 22.6. The van der Waals surface area contributed by atoms with Gasteiger partial charge in [-0.3, -0.25) is 0 Å². The molecule has 2 atom stereocenters. The molecule has 0 spiro atoms. The molecular formula is C14H23NO4S. The van der Waals surface area contributed by atoms with Crippen LogP contribution in [0.4, 0.5) is 0 Å². The van der Waals surface area contributed by atoms with Crippen LogP contribution < -0.4 is 5.32 Å². The number of nitrogens with one attached hydrogen (secondary N) is 1. The predicted octanol–water partition coefficient (Wildman–Crippen LogP) is 0.730. The van der Waals surface area contributed by atoms with E-state index in [4.69, 9.17) is 0 Å². The Bertz CT molecular complexity index is 510. The van der Waals surface area contributed by atoms with Crippen LogP contribution in [0.3, 0.4) is 0 Å². The summed E-state index contributed by atoms with van der Waals surface area (Å²) in [4.78, 5) is 0.233. The van der Waals surface area contributed by atoms with Crippen LogP contribution in [-0.4, -0.2) is 44.1 Å². The lowest BCUT2D eigenvalue weighted by molar-refractivity contribution is 0.113. The van der Waals surface area contributed by atoms with Crippen molar-refractivity contribution in [2.75, 3.05) is 19.3 Å². The van der Waals surface area contributed by atoms with Gasteiger partial charge in [-0.2, -0.15) is 0 Å². The van der Waals surface area contributed by atoms with Gasteiger partial charge in [0.05, 0.1) is 17.1 Å². The number of benzene rings is 1. The highest BCUT2D eigenvalue weighted by Gasteiger charge is 2.12. The maximum absolute atomic E-state index is 11.3. The van der Waals surface area contributed by atoms with Gasteiger partial charge in [0.2, 0.25) is 0 Å². The molecule has 0 radical (unpaired) electrons. The minimum absolute atomic E-state index is 0.161. The van der Waals surface area contributed by atoms with Crippen molar-refractivity contribution in [2.24, 2.45) is 5.92 Å². The van der Waals surface area contributed by atoms with Crippen molar-refractivity contribution in [3.05, 3.63) is 29.8 Å². The first-order valence-corrected chi connectivity index (χ1v) is 8.48. The van der Waals surface area contributed by atoms with Gasteiger partial charge in [0.15, 0.2) is 9.84 Å². The molecule has 0 amide bonds. The number of rotatable bonds is 7. The van der Waals surface area contributed by atoms with E-state index in [0.717, 1.165) is 6.26 Å². The Morgan fingerprint density at radius 1 is 1.10 bits per heavy atom. The second-order valence-corrected chi connectivity index (χ2v) is 7.34. The van der Waals surface area contributed by atoms with Crippen molar-refractivity contribution in [2.45, 2.75) is 31.0 Å². The highest BCUT2D eigenvalue weighted by Crippen LogP contribution is 2.16. The highest BCUT2D eigenvalue weighted by molar-refractivity contribution is 7.90. The minimum Gasteiger partial charge on any atom is -0.392 e. The summed E-state index contributed by atoms with van der Waals surface area (Å²) >= 11 is 0. The summed E-state index contributed by atoms with van der Waals surface area (Å²) in [6, 6.07) is 6.16. The zero-order valence-electron chi connectivity index (χ0n) is 12.1. The Morgan fingerprint density at radius 3 is 2.10 bits per heavy atom. The first-order valence-electron chi connectivity index (χ1n) is 6.58. The highest BCUT2D eigenvalue weighted by atomic mass is 32.2. The molecule has 0 aliphatic heterocycles. The largest absolute Gasteiger partial charge is 0.392 e. The Labute approximate surface area is 120 Å². The van der Waals surface area contributed by atoms with E-state index in [2.05, 4.69) is 5.32 Å². The van der Waals surface area contributed by atoms with E-state index in [1.54, 1.807) is 12.1 Å². The third-order valence-corrected chi connectivity index (χ3v) is 4.28. The fraction of sp³-hybridized carbons (Fsp3) is 0.571. The molecular weight excluding hydrogens is 278 g/mol. The van der Waals surface area contributed by atoms with Crippen LogP contribution in [0.5, 0.6) is 0 Å². The summed E-state index contributed by atoms with van der Waals surface area (Å²) < 4.78 is 22.6. The molecule has 3 N–H and O–H groups in total. The summed E-state index contributed by atoms with van der Waals surface area (Å²) in [5.41, 5.74) is 0.643. The molecule has 0 heterocycles. The molecule has 0 fully saturated rings. The van der Waals surface area contributed by atoms with E-state index in [-0.39, 0.29) is 10.8 Å². The number of sulfone groups is 1. The molecule has 2 unspecified atom stereocenters. The van der Waals surface area contributed by atoms with E-state index in [9.17, 15) is 18.6 Å². The topological polar surface area (TPSA) is 86.6 Å². The van der Waals surface area contributed by atoms with Gasteiger partial charge in [-0.05, 0) is 23.6 Å². The zero-order valence-corrected chi connectivity index (χ0v) is 12.9.